The Morgan fingerprint density at radius 2 is 2.29 bits per heavy atom. The van der Waals surface area contributed by atoms with Crippen LogP contribution in [-0.4, -0.2) is 36.1 Å². The SMILES string of the molecule is CC(CN)N(C)CCc1ccccn1. The van der Waals surface area contributed by atoms with Gasteiger partial charge in [0, 0.05) is 37.4 Å². The van der Waals surface area contributed by atoms with Crippen LogP contribution < -0.4 is 5.73 Å². The average molecular weight is 193 g/mol. The van der Waals surface area contributed by atoms with Gasteiger partial charge in [0.15, 0.2) is 0 Å². The summed E-state index contributed by atoms with van der Waals surface area (Å²) in [6.45, 7) is 3.85. The fourth-order valence-corrected chi connectivity index (χ4v) is 1.24. The quantitative estimate of drug-likeness (QED) is 0.755. The number of likely N-dealkylation sites (N-methyl/N-ethyl adjacent to an activating group) is 1. The summed E-state index contributed by atoms with van der Waals surface area (Å²) in [5.74, 6) is 0. The molecule has 3 nitrogen and oxygen atoms in total. The fourth-order valence-electron chi connectivity index (χ4n) is 1.24. The monoisotopic (exact) mass is 193 g/mol. The first kappa shape index (κ1) is 11.1. The van der Waals surface area contributed by atoms with Crippen molar-refractivity contribution in [2.75, 3.05) is 20.1 Å². The average Bonchev–Trinajstić information content (AvgIpc) is 2.26. The standard InChI is InChI=1S/C11H19N3/c1-10(9-12)14(2)8-6-11-5-3-4-7-13-11/h3-5,7,10H,6,8-9,12H2,1-2H3. The minimum absolute atomic E-state index is 0.443. The van der Waals surface area contributed by atoms with Crippen molar-refractivity contribution in [3.05, 3.63) is 30.1 Å². The Labute approximate surface area is 85.9 Å². The minimum atomic E-state index is 0.443. The summed E-state index contributed by atoms with van der Waals surface area (Å²) in [6, 6.07) is 6.46. The number of nitrogens with zero attached hydrogens (tertiary/aromatic N) is 2. The highest BCUT2D eigenvalue weighted by Crippen LogP contribution is 1.99. The summed E-state index contributed by atoms with van der Waals surface area (Å²) in [7, 11) is 2.10. The van der Waals surface area contributed by atoms with Gasteiger partial charge in [0.2, 0.25) is 0 Å². The molecule has 1 aromatic rings. The highest BCUT2D eigenvalue weighted by atomic mass is 15.1. The zero-order valence-corrected chi connectivity index (χ0v) is 8.98. The van der Waals surface area contributed by atoms with Crippen molar-refractivity contribution >= 4 is 0 Å². The van der Waals surface area contributed by atoms with Gasteiger partial charge in [-0.25, -0.2) is 0 Å². The molecule has 1 rings (SSSR count). The molecule has 3 heteroatoms. The molecule has 0 aliphatic heterocycles. The molecule has 0 radical (unpaired) electrons. The number of pyridine rings is 1. The second kappa shape index (κ2) is 5.73. The predicted molar refractivity (Wildman–Crippen MR) is 59.1 cm³/mol. The maximum Gasteiger partial charge on any atom is 0.0416 e. The molecule has 14 heavy (non-hydrogen) atoms. The normalized spacial score (nSPS) is 13.1. The van der Waals surface area contributed by atoms with Gasteiger partial charge in [0.25, 0.3) is 0 Å². The maximum absolute atomic E-state index is 5.58. The molecule has 2 N–H and O–H groups in total. The molecular weight excluding hydrogens is 174 g/mol. The Morgan fingerprint density at radius 3 is 2.86 bits per heavy atom. The maximum atomic E-state index is 5.58. The largest absolute Gasteiger partial charge is 0.329 e. The van der Waals surface area contributed by atoms with E-state index >= 15 is 0 Å². The molecule has 1 aromatic heterocycles. The number of hydrogen-bond acceptors (Lipinski definition) is 3. The molecule has 0 saturated carbocycles. The first-order valence-corrected chi connectivity index (χ1v) is 5.04. The van der Waals surface area contributed by atoms with E-state index in [0.717, 1.165) is 18.7 Å². The Morgan fingerprint density at radius 1 is 1.50 bits per heavy atom. The summed E-state index contributed by atoms with van der Waals surface area (Å²) in [4.78, 5) is 6.54. The molecule has 0 aliphatic carbocycles. The number of nitrogens with two attached hydrogens (primary N) is 1. The predicted octanol–water partition coefficient (Wildman–Crippen LogP) is 0.903. The lowest BCUT2D eigenvalue weighted by Crippen LogP contribution is -2.36. The van der Waals surface area contributed by atoms with E-state index in [9.17, 15) is 0 Å². The van der Waals surface area contributed by atoms with Crippen LogP contribution in [0.1, 0.15) is 12.6 Å². The minimum Gasteiger partial charge on any atom is -0.329 e. The molecule has 0 aliphatic rings. The van der Waals surface area contributed by atoms with Gasteiger partial charge in [-0.1, -0.05) is 6.07 Å². The van der Waals surface area contributed by atoms with Gasteiger partial charge in [-0.15, -0.1) is 0 Å². The lowest BCUT2D eigenvalue weighted by molar-refractivity contribution is 0.265. The van der Waals surface area contributed by atoms with Gasteiger partial charge in [-0.2, -0.15) is 0 Å². The van der Waals surface area contributed by atoms with E-state index in [-0.39, 0.29) is 0 Å². The molecule has 0 spiro atoms. The van der Waals surface area contributed by atoms with Gasteiger partial charge in [-0.3, -0.25) is 4.98 Å². The molecule has 0 amide bonds. The Kier molecular flexibility index (Phi) is 4.56. The lowest BCUT2D eigenvalue weighted by Gasteiger charge is -2.22. The molecule has 0 fully saturated rings. The van der Waals surface area contributed by atoms with E-state index < -0.39 is 0 Å². The second-order valence-corrected chi connectivity index (χ2v) is 3.64. The molecule has 78 valence electrons. The lowest BCUT2D eigenvalue weighted by atomic mass is 10.2. The third-order valence-corrected chi connectivity index (χ3v) is 2.54. The first-order chi connectivity index (χ1) is 6.74. The van der Waals surface area contributed by atoms with Crippen molar-refractivity contribution in [2.45, 2.75) is 19.4 Å². The van der Waals surface area contributed by atoms with Crippen molar-refractivity contribution in [3.8, 4) is 0 Å². The Hall–Kier alpha value is -0.930. The van der Waals surface area contributed by atoms with Crippen LogP contribution >= 0.6 is 0 Å². The van der Waals surface area contributed by atoms with E-state index in [1.54, 1.807) is 0 Å². The molecule has 1 atom stereocenters. The smallest absolute Gasteiger partial charge is 0.0416 e. The van der Waals surface area contributed by atoms with Crippen LogP contribution in [0.3, 0.4) is 0 Å². The molecule has 0 bridgehead atoms. The van der Waals surface area contributed by atoms with Crippen LogP contribution in [0, 0.1) is 0 Å². The van der Waals surface area contributed by atoms with Crippen LogP contribution in [0.15, 0.2) is 24.4 Å². The van der Waals surface area contributed by atoms with Crippen molar-refractivity contribution in [2.24, 2.45) is 5.73 Å². The van der Waals surface area contributed by atoms with Crippen LogP contribution in [0.25, 0.3) is 0 Å². The number of rotatable bonds is 5. The number of hydrogen-bond donors (Lipinski definition) is 1. The van der Waals surface area contributed by atoms with Crippen LogP contribution in [0.2, 0.25) is 0 Å². The summed E-state index contributed by atoms with van der Waals surface area (Å²) < 4.78 is 0. The highest BCUT2D eigenvalue weighted by molar-refractivity contribution is 5.03. The van der Waals surface area contributed by atoms with Crippen LogP contribution in [0.5, 0.6) is 0 Å². The van der Waals surface area contributed by atoms with E-state index in [2.05, 4.69) is 29.9 Å². The van der Waals surface area contributed by atoms with E-state index in [1.165, 1.54) is 0 Å². The second-order valence-electron chi connectivity index (χ2n) is 3.64. The molecule has 1 unspecified atom stereocenters. The summed E-state index contributed by atoms with van der Waals surface area (Å²) in [6.07, 6.45) is 2.82. The summed E-state index contributed by atoms with van der Waals surface area (Å²) in [5, 5.41) is 0. The number of aromatic nitrogens is 1. The summed E-state index contributed by atoms with van der Waals surface area (Å²) in [5.41, 5.74) is 6.73. The third-order valence-electron chi connectivity index (χ3n) is 2.54. The topological polar surface area (TPSA) is 42.1 Å². The van der Waals surface area contributed by atoms with Gasteiger partial charge >= 0.3 is 0 Å². The van der Waals surface area contributed by atoms with Crippen molar-refractivity contribution in [1.82, 2.24) is 9.88 Å². The van der Waals surface area contributed by atoms with E-state index in [0.29, 0.717) is 12.6 Å². The summed E-state index contributed by atoms with van der Waals surface area (Å²) >= 11 is 0. The molecule has 0 aromatic carbocycles. The van der Waals surface area contributed by atoms with Crippen molar-refractivity contribution < 1.29 is 0 Å². The third kappa shape index (κ3) is 3.44. The van der Waals surface area contributed by atoms with Gasteiger partial charge < -0.3 is 10.6 Å². The van der Waals surface area contributed by atoms with E-state index in [1.807, 2.05) is 18.3 Å². The molecular formula is C11H19N3. The zero-order valence-electron chi connectivity index (χ0n) is 8.98. The van der Waals surface area contributed by atoms with Crippen LogP contribution in [0.4, 0.5) is 0 Å². The van der Waals surface area contributed by atoms with Crippen molar-refractivity contribution in [1.29, 1.82) is 0 Å². The van der Waals surface area contributed by atoms with Crippen molar-refractivity contribution in [3.63, 3.8) is 0 Å². The fraction of sp³-hybridized carbons (Fsp3) is 0.545. The first-order valence-electron chi connectivity index (χ1n) is 5.04. The van der Waals surface area contributed by atoms with Crippen LogP contribution in [-0.2, 0) is 6.42 Å². The van der Waals surface area contributed by atoms with Gasteiger partial charge in [0.05, 0.1) is 0 Å². The van der Waals surface area contributed by atoms with Gasteiger partial charge in [-0.05, 0) is 26.1 Å². The zero-order chi connectivity index (χ0) is 10.4. The Balaban J connectivity index is 2.34. The molecule has 0 saturated heterocycles. The van der Waals surface area contributed by atoms with E-state index in [4.69, 9.17) is 5.73 Å². The highest BCUT2D eigenvalue weighted by Gasteiger charge is 2.06. The Bertz CT molecular complexity index is 248. The van der Waals surface area contributed by atoms with Gasteiger partial charge in [0.1, 0.15) is 0 Å². The molecule has 1 heterocycles.